The molecule has 0 unspecified atom stereocenters. The van der Waals surface area contributed by atoms with Gasteiger partial charge in [0, 0.05) is 38.2 Å². The molecular weight excluding hydrogens is 607 g/mol. The lowest BCUT2D eigenvalue weighted by molar-refractivity contribution is 1.23. The maximum Gasteiger partial charge on any atom is 0.160 e. The first kappa shape index (κ1) is 28.3. The summed E-state index contributed by atoms with van der Waals surface area (Å²) in [6, 6.07) is 62.0. The minimum Gasteiger partial charge on any atom is -0.247 e. The van der Waals surface area contributed by atoms with Gasteiger partial charge in [-0.15, -0.1) is 0 Å². The van der Waals surface area contributed by atoms with Gasteiger partial charge in [-0.2, -0.15) is 0 Å². The molecule has 232 valence electrons. The van der Waals surface area contributed by atoms with Crippen LogP contribution in [0.3, 0.4) is 0 Å². The zero-order chi connectivity index (χ0) is 33.0. The van der Waals surface area contributed by atoms with Crippen LogP contribution in [0.5, 0.6) is 0 Å². The van der Waals surface area contributed by atoms with Crippen molar-refractivity contribution in [2.24, 2.45) is 0 Å². The Labute approximate surface area is 289 Å². The highest BCUT2D eigenvalue weighted by molar-refractivity contribution is 6.33. The van der Waals surface area contributed by atoms with E-state index in [9.17, 15) is 0 Å². The van der Waals surface area contributed by atoms with Gasteiger partial charge in [0.15, 0.2) is 5.82 Å². The lowest BCUT2D eigenvalue weighted by Crippen LogP contribution is -1.95. The summed E-state index contributed by atoms with van der Waals surface area (Å²) in [6.07, 6.45) is 0. The van der Waals surface area contributed by atoms with Gasteiger partial charge >= 0.3 is 0 Å². The highest BCUT2D eigenvalue weighted by atomic mass is 14.9. The Morgan fingerprint density at radius 2 is 0.780 bits per heavy atom. The Kier molecular flexibility index (Phi) is 6.49. The second-order valence-electron chi connectivity index (χ2n) is 12.8. The molecule has 0 radical (unpaired) electrons. The molecule has 50 heavy (non-hydrogen) atoms. The first-order valence-corrected chi connectivity index (χ1v) is 17.0. The van der Waals surface area contributed by atoms with Crippen LogP contribution in [0.4, 0.5) is 0 Å². The van der Waals surface area contributed by atoms with E-state index in [1.165, 1.54) is 37.7 Å². The quantitative estimate of drug-likeness (QED) is 0.181. The molecule has 10 rings (SSSR count). The third-order valence-corrected chi connectivity index (χ3v) is 9.84. The zero-order valence-electron chi connectivity index (χ0n) is 27.1. The number of nitrogens with zero attached hydrogens (tertiary/aromatic N) is 3. The number of hydrogen-bond donors (Lipinski definition) is 0. The van der Waals surface area contributed by atoms with E-state index < -0.39 is 0 Å². The SMILES string of the molecule is c1ccc(-c2nc(-c3ccc(-c4cccc(-c5nc6ccccc6c6c7ccccc7c7ccccc7c56)c4)cc3)nc3ccccc23)cc1. The van der Waals surface area contributed by atoms with Crippen molar-refractivity contribution in [2.75, 3.05) is 0 Å². The minimum atomic E-state index is 0.716. The topological polar surface area (TPSA) is 38.7 Å². The van der Waals surface area contributed by atoms with Crippen molar-refractivity contribution in [3.63, 3.8) is 0 Å². The van der Waals surface area contributed by atoms with Crippen molar-refractivity contribution in [3.05, 3.63) is 176 Å². The lowest BCUT2D eigenvalue weighted by atomic mass is 9.89. The first-order chi connectivity index (χ1) is 24.8. The molecule has 0 aliphatic carbocycles. The van der Waals surface area contributed by atoms with Gasteiger partial charge in [0.05, 0.1) is 22.4 Å². The number of fused-ring (bicyclic) bond motifs is 9. The van der Waals surface area contributed by atoms with Crippen LogP contribution in [0.1, 0.15) is 0 Å². The molecule has 0 saturated heterocycles. The second kappa shape index (κ2) is 11.5. The molecule has 10 aromatic rings. The monoisotopic (exact) mass is 635 g/mol. The molecule has 3 nitrogen and oxygen atoms in total. The molecule has 0 fully saturated rings. The Bertz CT molecular complexity index is 2910. The lowest BCUT2D eigenvalue weighted by Gasteiger charge is -2.16. The van der Waals surface area contributed by atoms with Crippen LogP contribution >= 0.6 is 0 Å². The largest absolute Gasteiger partial charge is 0.247 e. The van der Waals surface area contributed by atoms with E-state index in [1.54, 1.807) is 0 Å². The highest BCUT2D eigenvalue weighted by Crippen LogP contribution is 2.43. The van der Waals surface area contributed by atoms with Crippen LogP contribution in [0.2, 0.25) is 0 Å². The van der Waals surface area contributed by atoms with E-state index in [1.807, 2.05) is 18.2 Å². The molecule has 2 aromatic heterocycles. The van der Waals surface area contributed by atoms with E-state index in [0.717, 1.165) is 55.6 Å². The standard InChI is InChI=1S/C47H29N3/c1-2-13-31(14-3-1)45-40-22-9-11-24-42(40)49-47(50-45)32-27-25-30(26-28-32)33-15-12-16-34(29-33)46-44-38-20-7-5-18-36(38)35-17-4-6-19-37(35)43(44)39-21-8-10-23-41(39)48-46/h1-29H. The van der Waals surface area contributed by atoms with Crippen molar-refractivity contribution in [2.45, 2.75) is 0 Å². The van der Waals surface area contributed by atoms with Gasteiger partial charge < -0.3 is 0 Å². The summed E-state index contributed by atoms with van der Waals surface area (Å²) in [5.74, 6) is 0.716. The molecule has 0 atom stereocenters. The number of hydrogen-bond acceptors (Lipinski definition) is 3. The fourth-order valence-corrected chi connectivity index (χ4v) is 7.51. The second-order valence-corrected chi connectivity index (χ2v) is 12.8. The summed E-state index contributed by atoms with van der Waals surface area (Å²) in [5, 5.41) is 9.63. The van der Waals surface area contributed by atoms with Gasteiger partial charge in [-0.1, -0.05) is 158 Å². The van der Waals surface area contributed by atoms with Crippen molar-refractivity contribution in [3.8, 4) is 45.0 Å². The average molecular weight is 636 g/mol. The fraction of sp³-hybridized carbons (Fsp3) is 0. The molecule has 2 heterocycles. The molecule has 0 aliphatic heterocycles. The zero-order valence-corrected chi connectivity index (χ0v) is 27.1. The number of para-hydroxylation sites is 2. The van der Waals surface area contributed by atoms with Gasteiger partial charge in [0.2, 0.25) is 0 Å². The first-order valence-electron chi connectivity index (χ1n) is 17.0. The smallest absolute Gasteiger partial charge is 0.160 e. The van der Waals surface area contributed by atoms with E-state index >= 15 is 0 Å². The summed E-state index contributed by atoms with van der Waals surface area (Å²) >= 11 is 0. The predicted octanol–water partition coefficient (Wildman–Crippen LogP) is 12.3. The van der Waals surface area contributed by atoms with Crippen molar-refractivity contribution in [1.82, 2.24) is 15.0 Å². The molecular formula is C47H29N3. The van der Waals surface area contributed by atoms with Gasteiger partial charge in [0.25, 0.3) is 0 Å². The summed E-state index contributed by atoms with van der Waals surface area (Å²) in [4.78, 5) is 15.4. The van der Waals surface area contributed by atoms with Gasteiger partial charge in [0.1, 0.15) is 0 Å². The molecule has 0 bridgehead atoms. The van der Waals surface area contributed by atoms with Crippen LogP contribution in [0.25, 0.3) is 99.2 Å². The Morgan fingerprint density at radius 3 is 1.50 bits per heavy atom. The van der Waals surface area contributed by atoms with Crippen molar-refractivity contribution >= 4 is 54.1 Å². The minimum absolute atomic E-state index is 0.716. The summed E-state index contributed by atoms with van der Waals surface area (Å²) in [6.45, 7) is 0. The average Bonchev–Trinajstić information content (AvgIpc) is 3.20. The Hall–Kier alpha value is -6.71. The predicted molar refractivity (Wildman–Crippen MR) is 209 cm³/mol. The molecule has 8 aromatic carbocycles. The highest BCUT2D eigenvalue weighted by Gasteiger charge is 2.18. The number of pyridine rings is 1. The third-order valence-electron chi connectivity index (χ3n) is 9.84. The van der Waals surface area contributed by atoms with Crippen LogP contribution < -0.4 is 0 Å². The maximum atomic E-state index is 5.36. The molecule has 0 spiro atoms. The van der Waals surface area contributed by atoms with E-state index in [2.05, 4.69) is 158 Å². The van der Waals surface area contributed by atoms with Crippen LogP contribution in [-0.4, -0.2) is 15.0 Å². The maximum absolute atomic E-state index is 5.36. The molecule has 0 N–H and O–H groups in total. The van der Waals surface area contributed by atoms with E-state index in [4.69, 9.17) is 15.0 Å². The van der Waals surface area contributed by atoms with Gasteiger partial charge in [-0.3, -0.25) is 0 Å². The van der Waals surface area contributed by atoms with Crippen LogP contribution in [0.15, 0.2) is 176 Å². The Morgan fingerprint density at radius 1 is 0.260 bits per heavy atom. The summed E-state index contributed by atoms with van der Waals surface area (Å²) < 4.78 is 0. The molecule has 0 aliphatic rings. The van der Waals surface area contributed by atoms with Gasteiger partial charge in [-0.25, -0.2) is 15.0 Å². The number of aromatic nitrogens is 3. The number of benzene rings is 8. The van der Waals surface area contributed by atoms with Gasteiger partial charge in [-0.05, 0) is 50.9 Å². The molecule has 0 saturated carbocycles. The third kappa shape index (κ3) is 4.56. The van der Waals surface area contributed by atoms with E-state index in [0.29, 0.717) is 5.82 Å². The number of rotatable bonds is 4. The summed E-state index contributed by atoms with van der Waals surface area (Å²) in [5.41, 5.74) is 9.28. The molecule has 3 heteroatoms. The van der Waals surface area contributed by atoms with Crippen molar-refractivity contribution in [1.29, 1.82) is 0 Å². The van der Waals surface area contributed by atoms with Crippen LogP contribution in [-0.2, 0) is 0 Å². The van der Waals surface area contributed by atoms with Crippen molar-refractivity contribution < 1.29 is 0 Å². The van der Waals surface area contributed by atoms with Crippen LogP contribution in [0, 0.1) is 0 Å². The molecule has 0 amide bonds. The fourth-order valence-electron chi connectivity index (χ4n) is 7.51. The summed E-state index contributed by atoms with van der Waals surface area (Å²) in [7, 11) is 0. The van der Waals surface area contributed by atoms with E-state index in [-0.39, 0.29) is 0 Å². The normalized spacial score (nSPS) is 11.6. The Balaban J connectivity index is 1.12.